The topological polar surface area (TPSA) is 66.4 Å². The predicted octanol–water partition coefficient (Wildman–Crippen LogP) is 3.94. The van der Waals surface area contributed by atoms with Crippen molar-refractivity contribution in [3.63, 3.8) is 0 Å². The SMILES string of the molecule is CSc1cc(C(=O)N[C@@H](CC(C)C)C(=O)O)c(Cl)cc1Cl. The number of benzene rings is 1. The van der Waals surface area contributed by atoms with Gasteiger partial charge in [0.1, 0.15) is 6.04 Å². The monoisotopic (exact) mass is 349 g/mol. The minimum atomic E-state index is -1.06. The summed E-state index contributed by atoms with van der Waals surface area (Å²) in [5, 5.41) is 12.3. The second-order valence-electron chi connectivity index (χ2n) is 4.96. The molecule has 0 heterocycles. The van der Waals surface area contributed by atoms with Crippen LogP contribution in [0.3, 0.4) is 0 Å². The molecule has 0 bridgehead atoms. The first-order valence-corrected chi connectivity index (χ1v) is 8.31. The third-order valence-corrected chi connectivity index (χ3v) is 4.31. The van der Waals surface area contributed by atoms with E-state index in [9.17, 15) is 9.59 Å². The molecule has 0 aliphatic rings. The van der Waals surface area contributed by atoms with Gasteiger partial charge in [-0.1, -0.05) is 37.0 Å². The Morgan fingerprint density at radius 2 is 1.90 bits per heavy atom. The average molecular weight is 350 g/mol. The van der Waals surface area contributed by atoms with Gasteiger partial charge in [0.2, 0.25) is 0 Å². The van der Waals surface area contributed by atoms with Crippen molar-refractivity contribution in [2.75, 3.05) is 6.26 Å². The average Bonchev–Trinajstić information content (AvgIpc) is 2.37. The highest BCUT2D eigenvalue weighted by Crippen LogP contribution is 2.31. The standard InChI is InChI=1S/C14H17Cl2NO3S/c1-7(2)4-11(14(19)20)17-13(18)8-5-12(21-3)10(16)6-9(8)15/h5-7,11H,4H2,1-3H3,(H,17,18)(H,19,20)/t11-/m0/s1. The first kappa shape index (κ1) is 18.1. The molecular weight excluding hydrogens is 333 g/mol. The molecule has 0 aromatic heterocycles. The maximum atomic E-state index is 12.2. The van der Waals surface area contributed by atoms with Crippen molar-refractivity contribution in [3.8, 4) is 0 Å². The molecule has 4 nitrogen and oxygen atoms in total. The van der Waals surface area contributed by atoms with E-state index in [1.807, 2.05) is 20.1 Å². The van der Waals surface area contributed by atoms with Gasteiger partial charge in [0, 0.05) is 4.90 Å². The van der Waals surface area contributed by atoms with Gasteiger partial charge in [-0.15, -0.1) is 11.8 Å². The molecule has 1 aromatic rings. The molecule has 0 saturated carbocycles. The molecule has 0 aliphatic heterocycles. The summed E-state index contributed by atoms with van der Waals surface area (Å²) in [7, 11) is 0. The maximum Gasteiger partial charge on any atom is 0.326 e. The zero-order valence-electron chi connectivity index (χ0n) is 11.9. The maximum absolute atomic E-state index is 12.2. The number of amides is 1. The second-order valence-corrected chi connectivity index (χ2v) is 6.62. The van der Waals surface area contributed by atoms with Gasteiger partial charge in [-0.3, -0.25) is 4.79 Å². The van der Waals surface area contributed by atoms with Crippen LogP contribution in [-0.4, -0.2) is 29.3 Å². The first-order chi connectivity index (χ1) is 9.76. The van der Waals surface area contributed by atoms with Crippen LogP contribution in [0.15, 0.2) is 17.0 Å². The fraction of sp³-hybridized carbons (Fsp3) is 0.429. The normalized spacial score (nSPS) is 12.3. The van der Waals surface area contributed by atoms with E-state index in [-0.39, 0.29) is 16.5 Å². The van der Waals surface area contributed by atoms with Crippen LogP contribution in [0.4, 0.5) is 0 Å². The van der Waals surface area contributed by atoms with E-state index >= 15 is 0 Å². The number of hydrogen-bond acceptors (Lipinski definition) is 3. The molecule has 2 N–H and O–H groups in total. The van der Waals surface area contributed by atoms with E-state index in [1.54, 1.807) is 6.07 Å². The summed E-state index contributed by atoms with van der Waals surface area (Å²) in [6.07, 6.45) is 2.18. The van der Waals surface area contributed by atoms with E-state index in [4.69, 9.17) is 28.3 Å². The molecule has 1 aromatic carbocycles. The van der Waals surface area contributed by atoms with Gasteiger partial charge in [-0.25, -0.2) is 4.79 Å². The number of rotatable bonds is 6. The van der Waals surface area contributed by atoms with Crippen LogP contribution >= 0.6 is 35.0 Å². The van der Waals surface area contributed by atoms with Crippen molar-refractivity contribution >= 4 is 46.8 Å². The molecule has 1 amide bonds. The predicted molar refractivity (Wildman–Crippen MR) is 86.6 cm³/mol. The Bertz CT molecular complexity index is 549. The number of hydrogen-bond donors (Lipinski definition) is 2. The smallest absolute Gasteiger partial charge is 0.326 e. The molecule has 21 heavy (non-hydrogen) atoms. The lowest BCUT2D eigenvalue weighted by molar-refractivity contribution is -0.139. The molecule has 1 atom stereocenters. The fourth-order valence-corrected chi connectivity index (χ4v) is 2.98. The summed E-state index contributed by atoms with van der Waals surface area (Å²) in [4.78, 5) is 24.1. The van der Waals surface area contributed by atoms with Crippen molar-refractivity contribution in [3.05, 3.63) is 27.7 Å². The van der Waals surface area contributed by atoms with E-state index in [2.05, 4.69) is 5.32 Å². The largest absolute Gasteiger partial charge is 0.480 e. The minimum Gasteiger partial charge on any atom is -0.480 e. The van der Waals surface area contributed by atoms with Crippen LogP contribution in [-0.2, 0) is 4.79 Å². The number of carboxylic acids is 1. The first-order valence-electron chi connectivity index (χ1n) is 6.33. The Morgan fingerprint density at radius 1 is 1.29 bits per heavy atom. The van der Waals surface area contributed by atoms with E-state index in [0.29, 0.717) is 16.3 Å². The molecule has 0 aliphatic carbocycles. The van der Waals surface area contributed by atoms with Gasteiger partial charge in [0.05, 0.1) is 15.6 Å². The van der Waals surface area contributed by atoms with Gasteiger partial charge in [0.15, 0.2) is 0 Å². The van der Waals surface area contributed by atoms with Crippen LogP contribution in [0.25, 0.3) is 0 Å². The van der Waals surface area contributed by atoms with Gasteiger partial charge in [-0.05, 0) is 30.7 Å². The molecule has 0 saturated heterocycles. The Balaban J connectivity index is 3.00. The van der Waals surface area contributed by atoms with Crippen molar-refractivity contribution in [1.82, 2.24) is 5.32 Å². The van der Waals surface area contributed by atoms with Crippen molar-refractivity contribution < 1.29 is 14.7 Å². The van der Waals surface area contributed by atoms with Crippen LogP contribution in [0, 0.1) is 5.92 Å². The lowest BCUT2D eigenvalue weighted by Crippen LogP contribution is -2.41. The Hall–Kier alpha value is -0.910. The fourth-order valence-electron chi connectivity index (χ4n) is 1.79. The van der Waals surface area contributed by atoms with Crippen molar-refractivity contribution in [2.24, 2.45) is 5.92 Å². The van der Waals surface area contributed by atoms with E-state index in [0.717, 1.165) is 0 Å². The Labute approximate surface area is 138 Å². The molecule has 0 fully saturated rings. The lowest BCUT2D eigenvalue weighted by atomic mass is 10.0. The number of halogens is 2. The summed E-state index contributed by atoms with van der Waals surface area (Å²) in [5.41, 5.74) is 0.223. The summed E-state index contributed by atoms with van der Waals surface area (Å²) in [5.74, 6) is -1.43. The van der Waals surface area contributed by atoms with Gasteiger partial charge in [0.25, 0.3) is 5.91 Å². The number of nitrogens with one attached hydrogen (secondary N) is 1. The summed E-state index contributed by atoms with van der Waals surface area (Å²) < 4.78 is 0. The van der Waals surface area contributed by atoms with E-state index in [1.165, 1.54) is 17.8 Å². The minimum absolute atomic E-state index is 0.147. The summed E-state index contributed by atoms with van der Waals surface area (Å²) in [6, 6.07) is 2.11. The molecule has 7 heteroatoms. The van der Waals surface area contributed by atoms with Gasteiger partial charge >= 0.3 is 5.97 Å². The highest BCUT2D eigenvalue weighted by molar-refractivity contribution is 7.98. The molecule has 0 unspecified atom stereocenters. The third-order valence-electron chi connectivity index (χ3n) is 2.80. The number of thioether (sulfide) groups is 1. The van der Waals surface area contributed by atoms with Gasteiger partial charge < -0.3 is 10.4 Å². The van der Waals surface area contributed by atoms with Crippen molar-refractivity contribution in [1.29, 1.82) is 0 Å². The number of aliphatic carboxylic acids is 1. The van der Waals surface area contributed by atoms with Crippen LogP contribution in [0.5, 0.6) is 0 Å². The Kier molecular flexibility index (Phi) is 6.84. The third kappa shape index (κ3) is 5.09. The van der Waals surface area contributed by atoms with Crippen LogP contribution in [0.2, 0.25) is 10.0 Å². The summed E-state index contributed by atoms with van der Waals surface area (Å²) in [6.45, 7) is 3.78. The zero-order valence-corrected chi connectivity index (χ0v) is 14.3. The lowest BCUT2D eigenvalue weighted by Gasteiger charge is -2.17. The van der Waals surface area contributed by atoms with Gasteiger partial charge in [-0.2, -0.15) is 0 Å². The second kappa shape index (κ2) is 7.92. The van der Waals surface area contributed by atoms with Crippen LogP contribution < -0.4 is 5.32 Å². The highest BCUT2D eigenvalue weighted by Gasteiger charge is 2.23. The molecule has 116 valence electrons. The molecule has 0 spiro atoms. The molecular formula is C14H17Cl2NO3S. The number of carbonyl (C=O) groups is 2. The zero-order chi connectivity index (χ0) is 16.2. The van der Waals surface area contributed by atoms with Crippen molar-refractivity contribution in [2.45, 2.75) is 31.2 Å². The van der Waals surface area contributed by atoms with E-state index < -0.39 is 17.9 Å². The quantitative estimate of drug-likeness (QED) is 0.763. The summed E-state index contributed by atoms with van der Waals surface area (Å²) >= 11 is 13.4. The number of carboxylic acid groups (broad SMARTS) is 1. The number of carbonyl (C=O) groups excluding carboxylic acids is 1. The molecule has 1 rings (SSSR count). The Morgan fingerprint density at radius 3 is 2.38 bits per heavy atom. The highest BCUT2D eigenvalue weighted by atomic mass is 35.5. The molecule has 0 radical (unpaired) electrons. The van der Waals surface area contributed by atoms with Crippen LogP contribution in [0.1, 0.15) is 30.6 Å².